The van der Waals surface area contributed by atoms with Crippen LogP contribution in [0.2, 0.25) is 0 Å². The van der Waals surface area contributed by atoms with E-state index in [9.17, 15) is 35.7 Å². The number of hydrogen-bond acceptors (Lipinski definition) is 12. The van der Waals surface area contributed by atoms with Gasteiger partial charge in [-0.3, -0.25) is 4.74 Å². The van der Waals surface area contributed by atoms with E-state index < -0.39 is 74.3 Å². The van der Waals surface area contributed by atoms with Gasteiger partial charge in [0, 0.05) is 0 Å². The molecule has 0 aromatic heterocycles. The molecule has 24 heavy (non-hydrogen) atoms. The van der Waals surface area contributed by atoms with Gasteiger partial charge in [-0.15, -0.1) is 0 Å². The third kappa shape index (κ3) is 3.41. The normalized spacial score (nSPS) is 53.1. The molecule has 2 fully saturated rings. The molecule has 10 atom stereocenters. The molecule has 2 aliphatic heterocycles. The van der Waals surface area contributed by atoms with Crippen LogP contribution in [0, 0.1) is 0 Å². The summed E-state index contributed by atoms with van der Waals surface area (Å²) in [7, 11) is 0. The predicted molar refractivity (Wildman–Crippen MR) is 69.8 cm³/mol. The van der Waals surface area contributed by atoms with Gasteiger partial charge >= 0.3 is 5.97 Å². The Balaban J connectivity index is 2.18. The van der Waals surface area contributed by atoms with Gasteiger partial charge < -0.3 is 55.4 Å². The van der Waals surface area contributed by atoms with E-state index >= 15 is 0 Å². The van der Waals surface area contributed by atoms with Crippen LogP contribution in [0.25, 0.3) is 0 Å². The van der Waals surface area contributed by atoms with Gasteiger partial charge in [0.2, 0.25) is 0 Å². The average Bonchev–Trinajstić information content (AvgIpc) is 2.57. The molecule has 0 aromatic carbocycles. The van der Waals surface area contributed by atoms with E-state index in [2.05, 4.69) is 0 Å². The van der Waals surface area contributed by atoms with Crippen LogP contribution in [0.15, 0.2) is 0 Å². The highest BCUT2D eigenvalue weighted by molar-refractivity contribution is 4.94. The summed E-state index contributed by atoms with van der Waals surface area (Å²) in [5, 5.41) is 86.7. The molecule has 2 aliphatic rings. The lowest BCUT2D eigenvalue weighted by Crippen LogP contribution is -2.69. The lowest BCUT2D eigenvalue weighted by molar-refractivity contribution is -0.488. The first-order chi connectivity index (χ1) is 11.2. The fourth-order valence-electron chi connectivity index (χ4n) is 2.55. The SMILES string of the molecule is OC[C@H]1O[C@H](O[C@@]2(O)O[C@H](CO)[C@@H](O)[C@H](O)[C@@H]2O)[C@@H](O)[C@@H](O)[C@@H]1O. The van der Waals surface area contributed by atoms with Gasteiger partial charge in [-0.05, 0) is 0 Å². The third-order valence-corrected chi connectivity index (χ3v) is 4.06. The molecule has 0 amide bonds. The highest BCUT2D eigenvalue weighted by Crippen LogP contribution is 2.33. The Kier molecular flexibility index (Phi) is 6.12. The molecule has 0 unspecified atom stereocenters. The first-order valence-electron chi connectivity index (χ1n) is 7.19. The van der Waals surface area contributed by atoms with Crippen LogP contribution in [0.4, 0.5) is 0 Å². The van der Waals surface area contributed by atoms with Crippen molar-refractivity contribution in [2.24, 2.45) is 0 Å². The first-order valence-corrected chi connectivity index (χ1v) is 7.19. The minimum absolute atomic E-state index is 0.757. The maximum Gasteiger partial charge on any atom is 0.313 e. The third-order valence-electron chi connectivity index (χ3n) is 4.06. The molecule has 2 rings (SSSR count). The number of hydrogen-bond donors (Lipinski definition) is 9. The predicted octanol–water partition coefficient (Wildman–Crippen LogP) is -6.08. The number of aliphatic hydroxyl groups excluding tert-OH is 8. The van der Waals surface area contributed by atoms with Crippen molar-refractivity contribution in [1.82, 2.24) is 0 Å². The zero-order valence-corrected chi connectivity index (χ0v) is 12.4. The van der Waals surface area contributed by atoms with E-state index in [4.69, 9.17) is 24.4 Å². The number of aliphatic hydroxyl groups is 9. The van der Waals surface area contributed by atoms with Crippen molar-refractivity contribution in [3.8, 4) is 0 Å². The molecule has 142 valence electrons. The van der Waals surface area contributed by atoms with Crippen molar-refractivity contribution < 1.29 is 60.2 Å². The lowest BCUT2D eigenvalue weighted by atomic mass is 9.97. The summed E-state index contributed by atoms with van der Waals surface area (Å²) in [6, 6.07) is 0. The van der Waals surface area contributed by atoms with Crippen LogP contribution in [-0.2, 0) is 14.2 Å². The van der Waals surface area contributed by atoms with Crippen molar-refractivity contribution in [3.63, 3.8) is 0 Å². The zero-order chi connectivity index (χ0) is 18.2. The molecule has 2 saturated heterocycles. The van der Waals surface area contributed by atoms with Crippen LogP contribution in [0.3, 0.4) is 0 Å². The van der Waals surface area contributed by atoms with Gasteiger partial charge in [-0.25, -0.2) is 0 Å². The van der Waals surface area contributed by atoms with E-state index in [0.29, 0.717) is 0 Å². The van der Waals surface area contributed by atoms with E-state index in [0.717, 1.165) is 0 Å². The molecule has 9 N–H and O–H groups in total. The summed E-state index contributed by atoms with van der Waals surface area (Å²) >= 11 is 0. The molecular weight excluding hydrogens is 336 g/mol. The van der Waals surface area contributed by atoms with Crippen LogP contribution >= 0.6 is 0 Å². The standard InChI is InChI=1S/C12H22O12/c13-1-3-5(15)7(17)9(19)11(22-3)24-12(21)10(20)8(18)6(16)4(2-14)23-12/h3-11,13-21H,1-2H2/t3-,4-,5-,6-,7+,8+,9+,10+,11-,12+/m1/s1. The Morgan fingerprint density at radius 3 is 1.83 bits per heavy atom. The molecule has 2 heterocycles. The Labute approximate surface area is 135 Å². The second-order valence-electron chi connectivity index (χ2n) is 5.71. The monoisotopic (exact) mass is 358 g/mol. The minimum atomic E-state index is -3.01. The van der Waals surface area contributed by atoms with Gasteiger partial charge in [0.05, 0.1) is 13.2 Å². The van der Waals surface area contributed by atoms with Crippen LogP contribution in [-0.4, -0.2) is 120 Å². The van der Waals surface area contributed by atoms with Crippen molar-refractivity contribution in [2.75, 3.05) is 13.2 Å². The second kappa shape index (κ2) is 7.41. The second-order valence-corrected chi connectivity index (χ2v) is 5.71. The summed E-state index contributed by atoms with van der Waals surface area (Å²) in [6.45, 7) is -1.60. The van der Waals surface area contributed by atoms with Gasteiger partial charge in [0.1, 0.15) is 42.7 Å². The Hall–Kier alpha value is -0.480. The van der Waals surface area contributed by atoms with Crippen LogP contribution in [0.1, 0.15) is 0 Å². The van der Waals surface area contributed by atoms with E-state index in [1.165, 1.54) is 0 Å². The van der Waals surface area contributed by atoms with Crippen molar-refractivity contribution in [3.05, 3.63) is 0 Å². The Bertz CT molecular complexity index is 419. The van der Waals surface area contributed by atoms with E-state index in [1.54, 1.807) is 0 Å². The fourth-order valence-corrected chi connectivity index (χ4v) is 2.55. The molecule has 0 saturated carbocycles. The number of rotatable bonds is 4. The molecule has 0 aliphatic carbocycles. The van der Waals surface area contributed by atoms with Crippen molar-refractivity contribution >= 4 is 0 Å². The van der Waals surface area contributed by atoms with E-state index in [1.807, 2.05) is 0 Å². The average molecular weight is 358 g/mol. The van der Waals surface area contributed by atoms with Crippen molar-refractivity contribution in [2.45, 2.75) is 61.1 Å². The van der Waals surface area contributed by atoms with Gasteiger partial charge in [0.15, 0.2) is 12.4 Å². The minimum Gasteiger partial charge on any atom is -0.394 e. The molecule has 12 heteroatoms. The molecule has 0 radical (unpaired) electrons. The smallest absolute Gasteiger partial charge is 0.313 e. The maximum atomic E-state index is 10.2. The summed E-state index contributed by atoms with van der Waals surface area (Å²) in [5.41, 5.74) is 0. The van der Waals surface area contributed by atoms with Gasteiger partial charge in [-0.1, -0.05) is 0 Å². The largest absolute Gasteiger partial charge is 0.394 e. The topological polar surface area (TPSA) is 210 Å². The molecule has 0 aromatic rings. The summed E-state index contributed by atoms with van der Waals surface area (Å²) in [4.78, 5) is 0. The maximum absolute atomic E-state index is 10.2. The van der Waals surface area contributed by atoms with Gasteiger partial charge in [-0.2, -0.15) is 0 Å². The summed E-state index contributed by atoms with van der Waals surface area (Å²) < 4.78 is 14.7. The Morgan fingerprint density at radius 1 is 0.750 bits per heavy atom. The quantitative estimate of drug-likeness (QED) is 0.215. The number of ether oxygens (including phenoxy) is 3. The molecule has 0 bridgehead atoms. The highest BCUT2D eigenvalue weighted by atomic mass is 16.9. The summed E-state index contributed by atoms with van der Waals surface area (Å²) in [5.74, 6) is -3.01. The fraction of sp³-hybridized carbons (Fsp3) is 1.00. The summed E-state index contributed by atoms with van der Waals surface area (Å²) in [6.07, 6.45) is -16.1. The molecular formula is C12H22O12. The van der Waals surface area contributed by atoms with Crippen molar-refractivity contribution in [1.29, 1.82) is 0 Å². The molecule has 0 spiro atoms. The zero-order valence-electron chi connectivity index (χ0n) is 12.4. The van der Waals surface area contributed by atoms with Gasteiger partial charge in [0.25, 0.3) is 0 Å². The van der Waals surface area contributed by atoms with Crippen LogP contribution < -0.4 is 0 Å². The lowest BCUT2D eigenvalue weighted by Gasteiger charge is -2.48. The van der Waals surface area contributed by atoms with Crippen LogP contribution in [0.5, 0.6) is 0 Å². The van der Waals surface area contributed by atoms with E-state index in [-0.39, 0.29) is 0 Å². The first kappa shape index (κ1) is 19.8. The Morgan fingerprint density at radius 2 is 1.29 bits per heavy atom. The molecule has 12 nitrogen and oxygen atoms in total. The highest BCUT2D eigenvalue weighted by Gasteiger charge is 2.57.